The van der Waals surface area contributed by atoms with E-state index in [-0.39, 0.29) is 5.38 Å². The van der Waals surface area contributed by atoms with Crippen LogP contribution in [0.15, 0.2) is 0 Å². The molecule has 0 aliphatic rings. The summed E-state index contributed by atoms with van der Waals surface area (Å²) in [5.74, 6) is 0. The first-order chi connectivity index (χ1) is 7.60. The molecule has 1 rings (SSSR count). The van der Waals surface area contributed by atoms with E-state index in [4.69, 9.17) is 23.2 Å². The Morgan fingerprint density at radius 2 is 2.06 bits per heavy atom. The molecule has 4 heteroatoms. The summed E-state index contributed by atoms with van der Waals surface area (Å²) >= 11 is 12.4. The van der Waals surface area contributed by atoms with Crippen LogP contribution in [0.3, 0.4) is 0 Å². The smallest absolute Gasteiger partial charge is 0.0849 e. The van der Waals surface area contributed by atoms with Gasteiger partial charge >= 0.3 is 0 Å². The number of hydrogen-bond donors (Lipinski definition) is 0. The molecule has 1 unspecified atom stereocenters. The highest BCUT2D eigenvalue weighted by molar-refractivity contribution is 6.31. The average molecular weight is 263 g/mol. The molecule has 92 valence electrons. The lowest BCUT2D eigenvalue weighted by Crippen LogP contribution is -2.01. The zero-order valence-corrected chi connectivity index (χ0v) is 11.8. The van der Waals surface area contributed by atoms with E-state index in [9.17, 15) is 0 Å². The van der Waals surface area contributed by atoms with E-state index >= 15 is 0 Å². The molecule has 0 fully saturated rings. The van der Waals surface area contributed by atoms with Gasteiger partial charge in [-0.05, 0) is 32.1 Å². The number of aryl methyl sites for hydroxylation is 2. The highest BCUT2D eigenvalue weighted by Gasteiger charge is 2.12. The van der Waals surface area contributed by atoms with Crippen LogP contribution in [0.4, 0.5) is 0 Å². The minimum Gasteiger partial charge on any atom is -0.271 e. The Hall–Kier alpha value is -0.210. The Balaban J connectivity index is 2.56. The number of alkyl halides is 1. The number of rotatable bonds is 6. The standard InChI is InChI=1S/C12H20Cl2N2/c1-4-9(13)7-6-8-11-12(14)10(5-2)15-16(11)3/h9H,4-8H2,1-3H3. The molecule has 1 atom stereocenters. The van der Waals surface area contributed by atoms with Crippen molar-refractivity contribution in [3.63, 3.8) is 0 Å². The zero-order valence-electron chi connectivity index (χ0n) is 10.3. The van der Waals surface area contributed by atoms with Gasteiger partial charge in [0.2, 0.25) is 0 Å². The Labute approximate surface area is 108 Å². The third kappa shape index (κ3) is 3.39. The molecule has 0 radical (unpaired) electrons. The van der Waals surface area contributed by atoms with Crippen LogP contribution in [0, 0.1) is 0 Å². The molecule has 1 aromatic heterocycles. The van der Waals surface area contributed by atoms with Gasteiger partial charge in [0.25, 0.3) is 0 Å². The van der Waals surface area contributed by atoms with Gasteiger partial charge in [-0.1, -0.05) is 25.4 Å². The predicted molar refractivity (Wildman–Crippen MR) is 70.5 cm³/mol. The lowest BCUT2D eigenvalue weighted by atomic mass is 10.1. The van der Waals surface area contributed by atoms with Gasteiger partial charge in [0, 0.05) is 12.4 Å². The molecular formula is C12H20Cl2N2. The number of nitrogens with zero attached hydrogens (tertiary/aromatic N) is 2. The molecule has 0 aliphatic heterocycles. The quantitative estimate of drug-likeness (QED) is 0.710. The van der Waals surface area contributed by atoms with E-state index in [2.05, 4.69) is 18.9 Å². The molecule has 0 aromatic carbocycles. The van der Waals surface area contributed by atoms with E-state index in [1.165, 1.54) is 0 Å². The van der Waals surface area contributed by atoms with E-state index in [1.54, 1.807) is 0 Å². The maximum atomic E-state index is 6.26. The van der Waals surface area contributed by atoms with Gasteiger partial charge in [-0.25, -0.2) is 0 Å². The average Bonchev–Trinajstić information content (AvgIpc) is 2.55. The maximum absolute atomic E-state index is 6.26. The van der Waals surface area contributed by atoms with Crippen LogP contribution >= 0.6 is 23.2 Å². The molecule has 2 nitrogen and oxygen atoms in total. The highest BCUT2D eigenvalue weighted by Crippen LogP contribution is 2.23. The fourth-order valence-electron chi connectivity index (χ4n) is 1.79. The summed E-state index contributed by atoms with van der Waals surface area (Å²) in [6.45, 7) is 4.19. The molecule has 0 bridgehead atoms. The first-order valence-corrected chi connectivity index (χ1v) is 6.75. The minimum absolute atomic E-state index is 0.289. The monoisotopic (exact) mass is 262 g/mol. The van der Waals surface area contributed by atoms with Crippen molar-refractivity contribution >= 4 is 23.2 Å². The molecule has 0 N–H and O–H groups in total. The van der Waals surface area contributed by atoms with Crippen LogP contribution in [-0.2, 0) is 19.9 Å². The summed E-state index contributed by atoms with van der Waals surface area (Å²) in [5, 5.41) is 5.53. The van der Waals surface area contributed by atoms with Gasteiger partial charge in [-0.2, -0.15) is 5.10 Å². The third-order valence-electron chi connectivity index (χ3n) is 2.88. The van der Waals surface area contributed by atoms with Crippen LogP contribution in [0.25, 0.3) is 0 Å². The molecule has 16 heavy (non-hydrogen) atoms. The van der Waals surface area contributed by atoms with Crippen molar-refractivity contribution in [3.8, 4) is 0 Å². The van der Waals surface area contributed by atoms with Crippen molar-refractivity contribution in [1.29, 1.82) is 0 Å². The van der Waals surface area contributed by atoms with Crippen molar-refractivity contribution in [2.24, 2.45) is 7.05 Å². The van der Waals surface area contributed by atoms with E-state index in [0.717, 1.165) is 48.5 Å². The van der Waals surface area contributed by atoms with Crippen LogP contribution in [-0.4, -0.2) is 15.2 Å². The van der Waals surface area contributed by atoms with Crippen molar-refractivity contribution in [3.05, 3.63) is 16.4 Å². The van der Waals surface area contributed by atoms with Gasteiger partial charge < -0.3 is 0 Å². The predicted octanol–water partition coefficient (Wildman–Crippen LogP) is 3.98. The molecule has 0 aliphatic carbocycles. The van der Waals surface area contributed by atoms with Gasteiger partial charge in [0.1, 0.15) is 0 Å². The molecule has 1 heterocycles. The molecule has 0 spiro atoms. The largest absolute Gasteiger partial charge is 0.271 e. The van der Waals surface area contributed by atoms with E-state index in [0.29, 0.717) is 0 Å². The summed E-state index contributed by atoms with van der Waals surface area (Å²) in [5.41, 5.74) is 2.13. The number of halogens is 2. The lowest BCUT2D eigenvalue weighted by Gasteiger charge is -2.06. The Morgan fingerprint density at radius 3 is 2.56 bits per heavy atom. The molecular weight excluding hydrogens is 243 g/mol. The lowest BCUT2D eigenvalue weighted by molar-refractivity contribution is 0.633. The summed E-state index contributed by atoms with van der Waals surface area (Å²) in [6, 6.07) is 0. The van der Waals surface area contributed by atoms with Crippen LogP contribution in [0.1, 0.15) is 44.5 Å². The topological polar surface area (TPSA) is 17.8 Å². The second-order valence-electron chi connectivity index (χ2n) is 4.08. The van der Waals surface area contributed by atoms with Crippen LogP contribution in [0.5, 0.6) is 0 Å². The third-order valence-corrected chi connectivity index (χ3v) is 3.84. The Kier molecular flexibility index (Phi) is 5.63. The van der Waals surface area contributed by atoms with Gasteiger partial charge in [0.05, 0.1) is 16.4 Å². The number of aromatic nitrogens is 2. The van der Waals surface area contributed by atoms with Crippen LogP contribution in [0.2, 0.25) is 5.02 Å². The van der Waals surface area contributed by atoms with Crippen molar-refractivity contribution in [1.82, 2.24) is 9.78 Å². The Morgan fingerprint density at radius 1 is 1.38 bits per heavy atom. The number of hydrogen-bond acceptors (Lipinski definition) is 1. The van der Waals surface area contributed by atoms with Crippen LogP contribution < -0.4 is 0 Å². The summed E-state index contributed by atoms with van der Waals surface area (Å²) in [6.07, 6.45) is 5.00. The maximum Gasteiger partial charge on any atom is 0.0849 e. The van der Waals surface area contributed by atoms with Crippen molar-refractivity contribution in [2.75, 3.05) is 0 Å². The van der Waals surface area contributed by atoms with Gasteiger partial charge in [0.15, 0.2) is 0 Å². The minimum atomic E-state index is 0.289. The second-order valence-corrected chi connectivity index (χ2v) is 5.08. The van der Waals surface area contributed by atoms with Gasteiger partial charge in [-0.3, -0.25) is 4.68 Å². The fourth-order valence-corrected chi connectivity index (χ4v) is 2.33. The zero-order chi connectivity index (χ0) is 12.1. The normalized spacial score (nSPS) is 13.1. The van der Waals surface area contributed by atoms with Crippen molar-refractivity contribution in [2.45, 2.75) is 51.3 Å². The molecule has 1 aromatic rings. The summed E-state index contributed by atoms with van der Waals surface area (Å²) < 4.78 is 1.90. The SMILES string of the molecule is CCc1nn(C)c(CCCC(Cl)CC)c1Cl. The van der Waals surface area contributed by atoms with E-state index < -0.39 is 0 Å². The summed E-state index contributed by atoms with van der Waals surface area (Å²) in [7, 11) is 1.96. The summed E-state index contributed by atoms with van der Waals surface area (Å²) in [4.78, 5) is 0. The first-order valence-electron chi connectivity index (χ1n) is 5.94. The molecule has 0 amide bonds. The van der Waals surface area contributed by atoms with Crippen molar-refractivity contribution < 1.29 is 0 Å². The molecule has 0 saturated carbocycles. The van der Waals surface area contributed by atoms with E-state index in [1.807, 2.05) is 11.7 Å². The molecule has 0 saturated heterocycles. The fraction of sp³-hybridized carbons (Fsp3) is 0.750. The first kappa shape index (κ1) is 13.9. The van der Waals surface area contributed by atoms with Gasteiger partial charge in [-0.15, -0.1) is 11.6 Å². The Bertz CT molecular complexity index is 334. The highest BCUT2D eigenvalue weighted by atomic mass is 35.5. The second kappa shape index (κ2) is 6.51.